The van der Waals surface area contributed by atoms with Gasteiger partial charge in [-0.15, -0.1) is 10.2 Å². The van der Waals surface area contributed by atoms with E-state index >= 15 is 0 Å². The maximum atomic E-state index is 11.1. The first-order valence-electron chi connectivity index (χ1n) is 4.89. The molecule has 2 aromatic rings. The van der Waals surface area contributed by atoms with Crippen LogP contribution in [0, 0.1) is 0 Å². The first kappa shape index (κ1) is 11.2. The van der Waals surface area contributed by atoms with E-state index in [9.17, 15) is 4.79 Å². The van der Waals surface area contributed by atoms with Gasteiger partial charge in [0.1, 0.15) is 12.7 Å². The SMILES string of the molecule is Cn1c[n+](C)cc1Cn1nnc(C(=O)NN)n1. The largest absolute Gasteiger partial charge is 0.306 e. The van der Waals surface area contributed by atoms with Gasteiger partial charge < -0.3 is 0 Å². The average Bonchev–Trinajstić information content (AvgIpc) is 2.86. The van der Waals surface area contributed by atoms with Crippen LogP contribution in [-0.2, 0) is 20.6 Å². The molecule has 17 heavy (non-hydrogen) atoms. The molecule has 2 rings (SSSR count). The lowest BCUT2D eigenvalue weighted by Crippen LogP contribution is -2.31. The molecule has 0 saturated carbocycles. The van der Waals surface area contributed by atoms with E-state index < -0.39 is 5.91 Å². The summed E-state index contributed by atoms with van der Waals surface area (Å²) >= 11 is 0. The highest BCUT2D eigenvalue weighted by Gasteiger charge is 2.14. The minimum Gasteiger partial charge on any atom is -0.287 e. The van der Waals surface area contributed by atoms with Crippen molar-refractivity contribution in [3.8, 4) is 0 Å². The van der Waals surface area contributed by atoms with E-state index in [1.54, 1.807) is 0 Å². The summed E-state index contributed by atoms with van der Waals surface area (Å²) in [5.41, 5.74) is 2.94. The molecule has 0 saturated heterocycles. The number of amides is 1. The molecular weight excluding hydrogens is 224 g/mol. The quantitative estimate of drug-likeness (QED) is 0.265. The summed E-state index contributed by atoms with van der Waals surface area (Å²) in [7, 11) is 3.84. The molecule has 0 unspecified atom stereocenters. The van der Waals surface area contributed by atoms with Crippen LogP contribution in [0.1, 0.15) is 16.3 Å². The number of nitrogens with one attached hydrogen (secondary N) is 1. The van der Waals surface area contributed by atoms with E-state index in [2.05, 4.69) is 15.4 Å². The fraction of sp³-hybridized carbons (Fsp3) is 0.375. The molecule has 2 aromatic heterocycles. The Bertz CT molecular complexity index is 541. The Balaban J connectivity index is 2.17. The van der Waals surface area contributed by atoms with Gasteiger partial charge in [0.2, 0.25) is 6.33 Å². The number of nitrogens with two attached hydrogens (primary N) is 1. The van der Waals surface area contributed by atoms with Crippen molar-refractivity contribution in [2.45, 2.75) is 6.54 Å². The summed E-state index contributed by atoms with van der Waals surface area (Å²) in [5.74, 6) is 4.36. The molecule has 0 aliphatic rings. The lowest BCUT2D eigenvalue weighted by molar-refractivity contribution is -0.671. The van der Waals surface area contributed by atoms with Gasteiger partial charge >= 0.3 is 5.91 Å². The maximum absolute atomic E-state index is 11.1. The van der Waals surface area contributed by atoms with Gasteiger partial charge in [-0.25, -0.2) is 15.0 Å². The third-order valence-electron chi connectivity index (χ3n) is 2.25. The highest BCUT2D eigenvalue weighted by molar-refractivity contribution is 5.89. The molecule has 1 amide bonds. The van der Waals surface area contributed by atoms with Crippen molar-refractivity contribution < 1.29 is 9.36 Å². The number of tetrazole rings is 1. The van der Waals surface area contributed by atoms with Crippen LogP contribution in [0.5, 0.6) is 0 Å². The van der Waals surface area contributed by atoms with Gasteiger partial charge in [-0.05, 0) is 5.21 Å². The van der Waals surface area contributed by atoms with Crippen LogP contribution in [-0.4, -0.2) is 30.7 Å². The van der Waals surface area contributed by atoms with Gasteiger partial charge in [-0.2, -0.15) is 4.80 Å². The van der Waals surface area contributed by atoms with Crippen molar-refractivity contribution in [3.05, 3.63) is 24.0 Å². The number of aryl methyl sites for hydroxylation is 2. The zero-order chi connectivity index (χ0) is 12.4. The smallest absolute Gasteiger partial charge is 0.287 e. The summed E-state index contributed by atoms with van der Waals surface area (Å²) in [6.45, 7) is 0.433. The Hall–Kier alpha value is -2.29. The van der Waals surface area contributed by atoms with Crippen LogP contribution in [0.3, 0.4) is 0 Å². The lowest BCUT2D eigenvalue weighted by atomic mass is 10.5. The van der Waals surface area contributed by atoms with Crippen LogP contribution in [0.15, 0.2) is 12.5 Å². The number of aromatic nitrogens is 6. The number of hydrogen-bond donors (Lipinski definition) is 2. The minimum absolute atomic E-state index is 0.0499. The molecule has 2 heterocycles. The highest BCUT2D eigenvalue weighted by atomic mass is 16.2. The molecule has 0 fully saturated rings. The topological polar surface area (TPSA) is 108 Å². The van der Waals surface area contributed by atoms with Crippen molar-refractivity contribution >= 4 is 5.91 Å². The third-order valence-corrected chi connectivity index (χ3v) is 2.25. The van der Waals surface area contributed by atoms with Gasteiger partial charge in [0, 0.05) is 0 Å². The van der Waals surface area contributed by atoms with E-state index in [-0.39, 0.29) is 5.82 Å². The number of nitrogen functional groups attached to an aromatic ring is 1. The van der Waals surface area contributed by atoms with Crippen molar-refractivity contribution in [1.29, 1.82) is 0 Å². The second-order valence-corrected chi connectivity index (χ2v) is 3.63. The first-order chi connectivity index (χ1) is 8.10. The molecule has 9 nitrogen and oxygen atoms in total. The van der Waals surface area contributed by atoms with Crippen LogP contribution >= 0.6 is 0 Å². The standard InChI is InChI=1S/C8H12N8O/c1-14-3-6(15(2)5-14)4-16-12-7(11-13-16)8(17)10-9/h3,5H,4H2,1-2H3,(H2-,9,10,11,12,13,17)/p+1. The Morgan fingerprint density at radius 2 is 2.41 bits per heavy atom. The van der Waals surface area contributed by atoms with E-state index in [0.29, 0.717) is 6.54 Å². The van der Waals surface area contributed by atoms with Crippen molar-refractivity contribution in [1.82, 2.24) is 30.2 Å². The molecule has 0 aliphatic heterocycles. The summed E-state index contributed by atoms with van der Waals surface area (Å²) in [5, 5.41) is 11.3. The summed E-state index contributed by atoms with van der Waals surface area (Å²) in [6, 6.07) is 0. The number of nitrogens with zero attached hydrogens (tertiary/aromatic N) is 6. The second-order valence-electron chi connectivity index (χ2n) is 3.63. The average molecular weight is 237 g/mol. The molecular formula is C8H13N8O+. The van der Waals surface area contributed by atoms with Crippen LogP contribution in [0.25, 0.3) is 0 Å². The Morgan fingerprint density at radius 1 is 1.65 bits per heavy atom. The van der Waals surface area contributed by atoms with Crippen LogP contribution < -0.4 is 15.8 Å². The zero-order valence-electron chi connectivity index (χ0n) is 9.53. The van der Waals surface area contributed by atoms with Crippen molar-refractivity contribution in [2.24, 2.45) is 19.9 Å². The molecule has 0 bridgehead atoms. The number of carbonyl (C=O) groups is 1. The van der Waals surface area contributed by atoms with E-state index in [0.717, 1.165) is 5.69 Å². The Labute approximate surface area is 96.8 Å². The summed E-state index contributed by atoms with van der Waals surface area (Å²) in [6.07, 6.45) is 3.85. The monoisotopic (exact) mass is 237 g/mol. The molecule has 9 heteroatoms. The normalized spacial score (nSPS) is 10.5. The van der Waals surface area contributed by atoms with Gasteiger partial charge in [-0.1, -0.05) is 0 Å². The van der Waals surface area contributed by atoms with Crippen LogP contribution in [0.2, 0.25) is 0 Å². The fourth-order valence-electron chi connectivity index (χ4n) is 1.47. The summed E-state index contributed by atoms with van der Waals surface area (Å²) < 4.78 is 3.85. The molecule has 3 N–H and O–H groups in total. The zero-order valence-corrected chi connectivity index (χ0v) is 9.53. The molecule has 0 atom stereocenters. The highest BCUT2D eigenvalue weighted by Crippen LogP contribution is 1.97. The number of hydrazine groups is 1. The molecule has 0 aliphatic carbocycles. The number of hydrogen-bond acceptors (Lipinski definition) is 5. The number of carbonyl (C=O) groups excluding carboxylic acids is 1. The fourth-order valence-corrected chi connectivity index (χ4v) is 1.47. The second kappa shape index (κ2) is 4.29. The van der Waals surface area contributed by atoms with Crippen molar-refractivity contribution in [2.75, 3.05) is 0 Å². The van der Waals surface area contributed by atoms with Gasteiger partial charge in [0.25, 0.3) is 5.82 Å². The summed E-state index contributed by atoms with van der Waals surface area (Å²) in [4.78, 5) is 12.5. The predicted molar refractivity (Wildman–Crippen MR) is 55.2 cm³/mol. The Morgan fingerprint density at radius 3 is 3.00 bits per heavy atom. The van der Waals surface area contributed by atoms with Crippen LogP contribution in [0.4, 0.5) is 0 Å². The third kappa shape index (κ3) is 2.28. The number of imidazole rings is 1. The maximum Gasteiger partial charge on any atom is 0.306 e. The Kier molecular flexibility index (Phi) is 2.83. The van der Waals surface area contributed by atoms with Gasteiger partial charge in [0.15, 0.2) is 5.69 Å². The van der Waals surface area contributed by atoms with Gasteiger partial charge in [-0.3, -0.25) is 10.2 Å². The van der Waals surface area contributed by atoms with Gasteiger partial charge in [0.05, 0.1) is 14.1 Å². The predicted octanol–water partition coefficient (Wildman–Crippen LogP) is -2.51. The number of rotatable bonds is 3. The minimum atomic E-state index is -0.561. The lowest BCUT2D eigenvalue weighted by Gasteiger charge is -1.94. The van der Waals surface area contributed by atoms with E-state index in [4.69, 9.17) is 5.84 Å². The van der Waals surface area contributed by atoms with Crippen molar-refractivity contribution in [3.63, 3.8) is 0 Å². The molecule has 90 valence electrons. The molecule has 0 spiro atoms. The first-order valence-corrected chi connectivity index (χ1v) is 4.89. The van der Waals surface area contributed by atoms with E-state index in [1.807, 2.05) is 41.2 Å². The molecule has 0 aromatic carbocycles. The molecule has 0 radical (unpaired) electrons. The van der Waals surface area contributed by atoms with E-state index in [1.165, 1.54) is 4.80 Å².